The van der Waals surface area contributed by atoms with Gasteiger partial charge in [-0.3, -0.25) is 13.8 Å². The normalized spacial score (nSPS) is 14.0. The van der Waals surface area contributed by atoms with E-state index in [2.05, 4.69) is 463 Å². The Morgan fingerprint density at radius 2 is 0.679 bits per heavy atom. The lowest BCUT2D eigenvalue weighted by atomic mass is 9.86. The number of para-hydroxylation sites is 6. The van der Waals surface area contributed by atoms with Crippen molar-refractivity contribution in [3.05, 3.63) is 467 Å². The molecule has 0 N–H and O–H groups in total. The molecule has 0 fully saturated rings. The molecule has 8 heteroatoms. The molecule has 2 unspecified atom stereocenters. The van der Waals surface area contributed by atoms with Crippen LogP contribution in [0.3, 0.4) is 0 Å². The summed E-state index contributed by atoms with van der Waals surface area (Å²) in [4.78, 5) is 17.9. The van der Waals surface area contributed by atoms with E-state index in [0.717, 1.165) is 72.3 Å². The van der Waals surface area contributed by atoms with Crippen LogP contribution >= 0.6 is 11.3 Å². The molecule has 7 nitrogen and oxygen atoms in total. The SMILES string of the molecule is C1=CC2N=C3c4ccc5ccccc5c4-c4cc(-c5cccc(-c6cccc7c6oc6ccccc67)c5)ccc4N3C2C=C1.c1cc(-c2ccc3c4ccccc4c4ccccc4c3c2)cc(-c2ccc3c(c2)c2c4ccccc4ccc2c2nc4ccccc4n32)c1.c1ccc2c(c1)ccc1c2c2cc(-c3ccc(-c4ccc5sc6ccccc6c5c4)cc3)ccc2n2c3ccccc3nc12. The molecule has 22 aromatic carbocycles. The summed E-state index contributed by atoms with van der Waals surface area (Å²) in [6.07, 6.45) is 8.78. The van der Waals surface area contributed by atoms with Gasteiger partial charge in [-0.25, -0.2) is 9.97 Å². The van der Waals surface area contributed by atoms with Crippen LogP contribution in [0.5, 0.6) is 0 Å². The maximum absolute atomic E-state index is 6.39. The van der Waals surface area contributed by atoms with Crippen molar-refractivity contribution in [1.29, 1.82) is 0 Å². The third kappa shape index (κ3) is 12.1. The third-order valence-corrected chi connectivity index (χ3v) is 30.3. The summed E-state index contributed by atoms with van der Waals surface area (Å²) in [5.74, 6) is 1.07. The van der Waals surface area contributed by atoms with Crippen molar-refractivity contribution in [3.63, 3.8) is 0 Å². The number of furan rings is 1. The van der Waals surface area contributed by atoms with Crippen molar-refractivity contribution in [1.82, 2.24) is 18.8 Å². The fraction of sp³-hybridized carbons (Fsp3) is 0.0155. The number of aromatic nitrogens is 4. The van der Waals surface area contributed by atoms with Gasteiger partial charge in [0.2, 0.25) is 0 Å². The number of pyridine rings is 2. The second-order valence-corrected chi connectivity index (χ2v) is 37.7. The molecular weight excluding hydrogens is 1680 g/mol. The third-order valence-electron chi connectivity index (χ3n) is 29.2. The van der Waals surface area contributed by atoms with Gasteiger partial charge in [-0.1, -0.05) is 346 Å². The van der Waals surface area contributed by atoms with Crippen molar-refractivity contribution < 1.29 is 4.42 Å². The second-order valence-electron chi connectivity index (χ2n) is 36.6. The summed E-state index contributed by atoms with van der Waals surface area (Å²) in [5, 5.41) is 27.6. The van der Waals surface area contributed by atoms with Gasteiger partial charge in [-0.2, -0.15) is 0 Å². The van der Waals surface area contributed by atoms with Crippen LogP contribution < -0.4 is 4.90 Å². The molecule has 636 valence electrons. The number of thiophene rings is 1. The number of imidazole rings is 2. The van der Waals surface area contributed by atoms with E-state index < -0.39 is 0 Å². The topological polar surface area (TPSA) is 63.3 Å². The van der Waals surface area contributed by atoms with Gasteiger partial charge in [0, 0.05) is 85.5 Å². The van der Waals surface area contributed by atoms with Gasteiger partial charge in [0.25, 0.3) is 0 Å². The van der Waals surface area contributed by atoms with E-state index in [1.807, 2.05) is 23.5 Å². The minimum Gasteiger partial charge on any atom is -0.455 e. The van der Waals surface area contributed by atoms with Crippen molar-refractivity contribution >= 4 is 206 Å². The van der Waals surface area contributed by atoms with E-state index in [0.29, 0.717) is 0 Å². The molecule has 8 heterocycles. The summed E-state index contributed by atoms with van der Waals surface area (Å²) in [6, 6.07) is 159. The predicted octanol–water partition coefficient (Wildman–Crippen LogP) is 34.6. The highest BCUT2D eigenvalue weighted by molar-refractivity contribution is 7.25. The van der Waals surface area contributed by atoms with Crippen molar-refractivity contribution in [2.24, 2.45) is 4.99 Å². The Bertz CT molecular complexity index is 10200. The number of aliphatic imine (C=N–C) groups is 1. The zero-order valence-corrected chi connectivity index (χ0v) is 74.8. The summed E-state index contributed by atoms with van der Waals surface area (Å²) >= 11 is 1.86. The number of rotatable bonds is 6. The Morgan fingerprint density at radius 3 is 1.32 bits per heavy atom. The molecule has 0 saturated carbocycles. The van der Waals surface area contributed by atoms with Gasteiger partial charge in [0.05, 0.1) is 50.9 Å². The molecule has 137 heavy (non-hydrogen) atoms. The number of benzene rings is 22. The molecular formula is C129H78N6OS. The van der Waals surface area contributed by atoms with E-state index in [9.17, 15) is 0 Å². The van der Waals surface area contributed by atoms with Gasteiger partial charge >= 0.3 is 0 Å². The van der Waals surface area contributed by atoms with Crippen LogP contribution in [0.25, 0.3) is 261 Å². The Hall–Kier alpha value is -17.7. The van der Waals surface area contributed by atoms with Crippen LogP contribution in [-0.4, -0.2) is 36.7 Å². The highest BCUT2D eigenvalue weighted by atomic mass is 32.1. The number of nitrogens with zero attached hydrogens (tertiary/aromatic N) is 6. The van der Waals surface area contributed by atoms with Crippen LogP contribution in [0.4, 0.5) is 5.69 Å². The quantitative estimate of drug-likeness (QED) is 0.156. The molecule has 1 aliphatic carbocycles. The number of anilines is 1. The largest absolute Gasteiger partial charge is 0.455 e. The molecule has 2 aliphatic heterocycles. The molecule has 0 saturated heterocycles. The van der Waals surface area contributed by atoms with Crippen molar-refractivity contribution in [2.75, 3.05) is 4.90 Å². The Labute approximate surface area is 790 Å². The van der Waals surface area contributed by atoms with Gasteiger partial charge in [0.1, 0.15) is 28.3 Å². The number of fused-ring (bicyclic) bond motifs is 42. The molecule has 0 bridgehead atoms. The van der Waals surface area contributed by atoms with Crippen LogP contribution in [0.2, 0.25) is 0 Å². The van der Waals surface area contributed by atoms with Crippen LogP contribution in [0, 0.1) is 0 Å². The van der Waals surface area contributed by atoms with Crippen molar-refractivity contribution in [3.8, 4) is 77.9 Å². The predicted molar refractivity (Wildman–Crippen MR) is 580 cm³/mol. The second kappa shape index (κ2) is 30.4. The highest BCUT2D eigenvalue weighted by Gasteiger charge is 2.41. The first-order valence-electron chi connectivity index (χ1n) is 47.1. The molecule has 0 radical (unpaired) electrons. The smallest absolute Gasteiger partial charge is 0.146 e. The maximum Gasteiger partial charge on any atom is 0.146 e. The van der Waals surface area contributed by atoms with E-state index >= 15 is 0 Å². The van der Waals surface area contributed by atoms with Gasteiger partial charge in [-0.05, 0) is 241 Å². The first-order valence-corrected chi connectivity index (χ1v) is 47.9. The monoisotopic (exact) mass is 1760 g/mol. The van der Waals surface area contributed by atoms with Gasteiger partial charge in [0.15, 0.2) is 0 Å². The number of hydrogen-bond acceptors (Lipinski definition) is 6. The Balaban J connectivity index is 0.0000000996. The highest BCUT2D eigenvalue weighted by Crippen LogP contribution is 2.51. The summed E-state index contributed by atoms with van der Waals surface area (Å²) in [5.41, 5.74) is 29.8. The standard InChI is InChI=1S/C47H28N2.C41H26N2O.C41H24N2S/c1-2-13-34-29(10-1)20-24-40-46(34)42-28-33(22-25-44(42)49-45-19-8-7-18-43(45)48-47(40)49)31-12-9-11-30(26-31)32-21-23-39-37-16-4-3-14-35(37)36-15-5-6-17-38(36)41(39)27-32;1-2-12-29-25(9-1)19-21-33-39(29)34-24-27(20-22-36(34)43-37-17-5-4-16-35(37)42-41(33)43)26-10-7-11-28(23-26)30-14-8-15-32-31-13-3-6-18-38(31)44-40(30)32;1-2-8-30-27(7-1)17-20-32-40(30)34-24-28(18-21-36(34)43-37-11-5-4-10-35(37)42-41(32)43)25-13-15-26(16-14-25)29-19-22-39-33(23-29)31-9-3-6-12-38(31)44-39/h1-28H;1-24,35,37H;1-24H. The summed E-state index contributed by atoms with van der Waals surface area (Å²) < 4.78 is 13.7. The fourth-order valence-electron chi connectivity index (χ4n) is 22.8. The molecule has 31 rings (SSSR count). The number of hydrogen-bond donors (Lipinski definition) is 0. The Morgan fingerprint density at radius 1 is 0.248 bits per heavy atom. The molecule has 0 amide bonds. The zero-order valence-electron chi connectivity index (χ0n) is 74.0. The van der Waals surface area contributed by atoms with Gasteiger partial charge < -0.3 is 9.32 Å². The zero-order chi connectivity index (χ0) is 89.6. The molecule has 6 aromatic heterocycles. The molecule has 0 spiro atoms. The van der Waals surface area contributed by atoms with E-state index in [1.165, 1.54) is 206 Å². The maximum atomic E-state index is 6.39. The molecule has 3 aliphatic rings. The average molecular weight is 1760 g/mol. The number of allylic oxidation sites excluding steroid dienone is 2. The molecule has 2 atom stereocenters. The van der Waals surface area contributed by atoms with Crippen LogP contribution in [0.1, 0.15) is 5.56 Å². The van der Waals surface area contributed by atoms with E-state index in [4.69, 9.17) is 19.4 Å². The van der Waals surface area contributed by atoms with E-state index in [1.54, 1.807) is 0 Å². The minimum absolute atomic E-state index is 0.123. The Kier molecular flexibility index (Phi) is 17.1. The lowest BCUT2D eigenvalue weighted by molar-refractivity contribution is 0.670. The number of amidine groups is 1. The molecule has 28 aromatic rings. The first-order chi connectivity index (χ1) is 67.9. The average Bonchev–Trinajstić information content (AvgIpc) is 1.63. The minimum atomic E-state index is 0.123. The summed E-state index contributed by atoms with van der Waals surface area (Å²) in [6.45, 7) is 0. The lowest BCUT2D eigenvalue weighted by Gasteiger charge is -2.35. The fourth-order valence-corrected chi connectivity index (χ4v) is 23.9. The summed E-state index contributed by atoms with van der Waals surface area (Å²) in [7, 11) is 0. The van der Waals surface area contributed by atoms with E-state index in [-0.39, 0.29) is 12.1 Å². The van der Waals surface area contributed by atoms with Gasteiger partial charge in [-0.15, -0.1) is 11.3 Å². The van der Waals surface area contributed by atoms with Crippen LogP contribution in [0.15, 0.2) is 470 Å². The van der Waals surface area contributed by atoms with Crippen molar-refractivity contribution in [2.45, 2.75) is 12.1 Å². The van der Waals surface area contributed by atoms with Crippen LogP contribution in [-0.2, 0) is 0 Å². The first kappa shape index (κ1) is 77.0. The lowest BCUT2D eigenvalue weighted by Crippen LogP contribution is -2.41.